The van der Waals surface area contributed by atoms with Crippen molar-refractivity contribution in [2.45, 2.75) is 63.4 Å². The lowest BCUT2D eigenvalue weighted by Gasteiger charge is -2.17. The Bertz CT molecular complexity index is 948. The maximum absolute atomic E-state index is 12.8. The summed E-state index contributed by atoms with van der Waals surface area (Å²) in [6.45, 7) is 6.83. The Morgan fingerprint density at radius 2 is 1.96 bits per heavy atom. The summed E-state index contributed by atoms with van der Waals surface area (Å²) in [5.41, 5.74) is 1.12. The molecule has 0 unspecified atom stereocenters. The lowest BCUT2D eigenvalue weighted by molar-refractivity contribution is -0.122. The molecule has 1 heterocycles. The number of aromatic nitrogens is 2. The van der Waals surface area contributed by atoms with Crippen molar-refractivity contribution < 1.29 is 17.7 Å². The van der Waals surface area contributed by atoms with E-state index in [0.717, 1.165) is 12.8 Å². The molecule has 9 heteroatoms. The number of nitrogens with one attached hydrogen (secondary N) is 2. The van der Waals surface area contributed by atoms with Crippen LogP contribution in [0.1, 0.15) is 51.0 Å². The predicted molar refractivity (Wildman–Crippen MR) is 99.5 cm³/mol. The summed E-state index contributed by atoms with van der Waals surface area (Å²) in [5.74, 6) is 0.891. The second kappa shape index (κ2) is 7.40. The van der Waals surface area contributed by atoms with Gasteiger partial charge in [0.25, 0.3) is 0 Å². The second-order valence-corrected chi connectivity index (χ2v) is 8.90. The quantitative estimate of drug-likeness (QED) is 0.746. The molecule has 3 rings (SSSR count). The van der Waals surface area contributed by atoms with Gasteiger partial charge in [-0.05, 0) is 52.2 Å². The average Bonchev–Trinajstić information content (AvgIpc) is 3.31. The maximum atomic E-state index is 12.8. The minimum Gasteiger partial charge on any atom is -0.353 e. The molecule has 1 aliphatic rings. The molecular formula is C18H24N4O4S. The summed E-state index contributed by atoms with van der Waals surface area (Å²) in [6, 6.07) is 3.98. The Balaban J connectivity index is 1.84. The Morgan fingerprint density at radius 1 is 1.26 bits per heavy atom. The van der Waals surface area contributed by atoms with Gasteiger partial charge < -0.3 is 9.84 Å². The van der Waals surface area contributed by atoms with Crippen molar-refractivity contribution in [1.29, 1.82) is 0 Å². The minimum absolute atomic E-state index is 0.0755. The Labute approximate surface area is 158 Å². The molecule has 1 aliphatic carbocycles. The summed E-state index contributed by atoms with van der Waals surface area (Å²) in [4.78, 5) is 16.5. The van der Waals surface area contributed by atoms with Gasteiger partial charge in [0.05, 0.1) is 10.9 Å². The van der Waals surface area contributed by atoms with Gasteiger partial charge in [-0.2, -0.15) is 9.71 Å². The zero-order chi connectivity index (χ0) is 19.8. The smallest absolute Gasteiger partial charge is 0.241 e. The third-order valence-corrected chi connectivity index (χ3v) is 5.94. The fourth-order valence-corrected chi connectivity index (χ4v) is 4.11. The van der Waals surface area contributed by atoms with Gasteiger partial charge in [0.15, 0.2) is 0 Å². The maximum Gasteiger partial charge on any atom is 0.241 e. The van der Waals surface area contributed by atoms with E-state index in [9.17, 15) is 13.2 Å². The first-order chi connectivity index (χ1) is 12.7. The molecule has 1 saturated carbocycles. The molecule has 0 radical (unpaired) electrons. The van der Waals surface area contributed by atoms with Crippen LogP contribution in [0.25, 0.3) is 11.4 Å². The van der Waals surface area contributed by atoms with E-state index in [-0.39, 0.29) is 16.8 Å². The van der Waals surface area contributed by atoms with Crippen LogP contribution in [-0.4, -0.2) is 36.5 Å². The Morgan fingerprint density at radius 3 is 2.59 bits per heavy atom. The Kier molecular flexibility index (Phi) is 5.34. The Hall–Kier alpha value is -2.26. The van der Waals surface area contributed by atoms with Crippen LogP contribution in [0.2, 0.25) is 0 Å². The van der Waals surface area contributed by atoms with E-state index in [1.54, 1.807) is 19.1 Å². The molecule has 27 heavy (non-hydrogen) atoms. The predicted octanol–water partition coefficient (Wildman–Crippen LogP) is 2.11. The van der Waals surface area contributed by atoms with Gasteiger partial charge in [-0.25, -0.2) is 8.42 Å². The highest BCUT2D eigenvalue weighted by Crippen LogP contribution is 2.39. The van der Waals surface area contributed by atoms with Crippen molar-refractivity contribution in [3.63, 3.8) is 0 Å². The molecule has 1 aromatic carbocycles. The highest BCUT2D eigenvalue weighted by molar-refractivity contribution is 7.89. The van der Waals surface area contributed by atoms with Crippen molar-refractivity contribution in [3.8, 4) is 11.4 Å². The van der Waals surface area contributed by atoms with E-state index in [2.05, 4.69) is 20.2 Å². The number of carbonyl (C=O) groups is 1. The normalized spacial score (nSPS) is 15.7. The highest BCUT2D eigenvalue weighted by Gasteiger charge is 2.30. The van der Waals surface area contributed by atoms with E-state index < -0.39 is 16.1 Å². The van der Waals surface area contributed by atoms with Gasteiger partial charge in [-0.15, -0.1) is 0 Å². The number of amides is 1. The van der Waals surface area contributed by atoms with Crippen LogP contribution in [-0.2, 0) is 14.8 Å². The van der Waals surface area contributed by atoms with E-state index in [1.807, 2.05) is 13.8 Å². The molecule has 2 aromatic rings. The summed E-state index contributed by atoms with van der Waals surface area (Å²) in [7, 11) is -3.90. The highest BCUT2D eigenvalue weighted by atomic mass is 32.2. The van der Waals surface area contributed by atoms with E-state index in [0.29, 0.717) is 28.8 Å². The topological polar surface area (TPSA) is 114 Å². The van der Waals surface area contributed by atoms with Gasteiger partial charge in [-0.1, -0.05) is 17.3 Å². The van der Waals surface area contributed by atoms with Crippen LogP contribution in [0.4, 0.5) is 0 Å². The number of aryl methyl sites for hydroxylation is 1. The number of carbonyl (C=O) groups excluding carboxylic acids is 1. The molecule has 1 fully saturated rings. The number of rotatable bonds is 7. The van der Waals surface area contributed by atoms with E-state index in [4.69, 9.17) is 4.52 Å². The molecule has 1 aromatic heterocycles. The molecule has 1 amide bonds. The molecular weight excluding hydrogens is 368 g/mol. The van der Waals surface area contributed by atoms with Crippen molar-refractivity contribution >= 4 is 15.9 Å². The van der Waals surface area contributed by atoms with Crippen molar-refractivity contribution in [2.75, 3.05) is 0 Å². The number of benzene rings is 1. The van der Waals surface area contributed by atoms with Crippen molar-refractivity contribution in [1.82, 2.24) is 20.2 Å². The van der Waals surface area contributed by atoms with Gasteiger partial charge in [0.1, 0.15) is 0 Å². The summed E-state index contributed by atoms with van der Waals surface area (Å²) >= 11 is 0. The second-order valence-electron chi connectivity index (χ2n) is 7.22. The van der Waals surface area contributed by atoms with Crippen LogP contribution in [0.15, 0.2) is 27.6 Å². The SMILES string of the molecule is Cc1ccc(-c2noc(C3CC3)n2)cc1S(=O)(=O)N[C@H](C)C(=O)NC(C)C. The minimum atomic E-state index is -3.90. The first-order valence-corrected chi connectivity index (χ1v) is 10.4. The first kappa shape index (κ1) is 19.5. The molecule has 0 saturated heterocycles. The summed E-state index contributed by atoms with van der Waals surface area (Å²) in [6.07, 6.45) is 2.07. The molecule has 0 bridgehead atoms. The molecule has 8 nitrogen and oxygen atoms in total. The number of sulfonamides is 1. The lowest BCUT2D eigenvalue weighted by Crippen LogP contribution is -2.46. The molecule has 2 N–H and O–H groups in total. The zero-order valence-electron chi connectivity index (χ0n) is 15.8. The molecule has 0 aliphatic heterocycles. The van der Waals surface area contributed by atoms with Crippen LogP contribution in [0.5, 0.6) is 0 Å². The van der Waals surface area contributed by atoms with Gasteiger partial charge >= 0.3 is 0 Å². The van der Waals surface area contributed by atoms with Crippen molar-refractivity contribution in [2.24, 2.45) is 0 Å². The average molecular weight is 392 g/mol. The van der Waals surface area contributed by atoms with E-state index >= 15 is 0 Å². The standard InChI is InChI=1S/C18H24N4O4S/c1-10(2)19-17(23)12(4)22-27(24,25)15-9-14(6-5-11(15)3)16-20-18(26-21-16)13-7-8-13/h5-6,9-10,12-13,22H,7-8H2,1-4H3,(H,19,23)/t12-/m1/s1. The number of hydrogen-bond donors (Lipinski definition) is 2. The third-order valence-electron chi connectivity index (χ3n) is 4.26. The molecule has 146 valence electrons. The summed E-state index contributed by atoms with van der Waals surface area (Å²) < 4.78 is 33.3. The first-order valence-electron chi connectivity index (χ1n) is 8.94. The van der Waals surface area contributed by atoms with Gasteiger partial charge in [0.2, 0.25) is 27.6 Å². The fraction of sp³-hybridized carbons (Fsp3) is 0.500. The van der Waals surface area contributed by atoms with Crippen LogP contribution in [0.3, 0.4) is 0 Å². The number of nitrogens with zero attached hydrogens (tertiary/aromatic N) is 2. The molecule has 0 spiro atoms. The fourth-order valence-electron chi connectivity index (χ4n) is 2.64. The van der Waals surface area contributed by atoms with Crippen molar-refractivity contribution in [3.05, 3.63) is 29.7 Å². The monoisotopic (exact) mass is 392 g/mol. The zero-order valence-corrected chi connectivity index (χ0v) is 16.6. The van der Waals surface area contributed by atoms with E-state index in [1.165, 1.54) is 13.0 Å². The number of hydrogen-bond acceptors (Lipinski definition) is 6. The third kappa shape index (κ3) is 4.54. The van der Waals surface area contributed by atoms with Crippen LogP contribution in [0, 0.1) is 6.92 Å². The largest absolute Gasteiger partial charge is 0.353 e. The molecule has 1 atom stereocenters. The van der Waals surface area contributed by atoms with Gasteiger partial charge in [0, 0.05) is 17.5 Å². The van der Waals surface area contributed by atoms with Crippen LogP contribution >= 0.6 is 0 Å². The van der Waals surface area contributed by atoms with Crippen LogP contribution < -0.4 is 10.0 Å². The van der Waals surface area contributed by atoms with Gasteiger partial charge in [-0.3, -0.25) is 4.79 Å². The lowest BCUT2D eigenvalue weighted by atomic mass is 10.1. The summed E-state index contributed by atoms with van der Waals surface area (Å²) in [5, 5.41) is 6.65.